The molecule has 106 valence electrons. The van der Waals surface area contributed by atoms with E-state index in [0.717, 1.165) is 0 Å². The molecule has 0 aliphatic heterocycles. The molecule has 0 unspecified atom stereocenters. The van der Waals surface area contributed by atoms with E-state index in [4.69, 9.17) is 5.73 Å². The molecule has 7 heteroatoms. The number of aromatic nitrogens is 1. The summed E-state index contributed by atoms with van der Waals surface area (Å²) >= 11 is 1.31. The predicted molar refractivity (Wildman–Crippen MR) is 75.9 cm³/mol. The Morgan fingerprint density at radius 2 is 2.11 bits per heavy atom. The Morgan fingerprint density at radius 1 is 1.42 bits per heavy atom. The monoisotopic (exact) mass is 284 g/mol. The van der Waals surface area contributed by atoms with Crippen LogP contribution in [0.1, 0.15) is 26.5 Å². The van der Waals surface area contributed by atoms with E-state index in [9.17, 15) is 9.59 Å². The Kier molecular flexibility index (Phi) is 5.91. The van der Waals surface area contributed by atoms with Gasteiger partial charge in [-0.15, -0.1) is 11.3 Å². The van der Waals surface area contributed by atoms with Crippen LogP contribution < -0.4 is 16.4 Å². The highest BCUT2D eigenvalue weighted by atomic mass is 32.1. The average Bonchev–Trinajstić information content (AvgIpc) is 2.75. The van der Waals surface area contributed by atoms with Crippen LogP contribution >= 0.6 is 11.3 Å². The Hall–Kier alpha value is -1.47. The van der Waals surface area contributed by atoms with Gasteiger partial charge in [-0.2, -0.15) is 0 Å². The Balaban J connectivity index is 2.51. The van der Waals surface area contributed by atoms with Crippen LogP contribution in [0.25, 0.3) is 0 Å². The van der Waals surface area contributed by atoms with Gasteiger partial charge in [-0.3, -0.25) is 9.59 Å². The van der Waals surface area contributed by atoms with Crippen LogP contribution in [0.3, 0.4) is 0 Å². The molecule has 4 N–H and O–H groups in total. The van der Waals surface area contributed by atoms with Gasteiger partial charge in [-0.25, -0.2) is 4.98 Å². The fourth-order valence-corrected chi connectivity index (χ4v) is 1.96. The molecule has 1 aromatic heterocycles. The highest BCUT2D eigenvalue weighted by Gasteiger charge is 2.12. The molecule has 0 bridgehead atoms. The quantitative estimate of drug-likeness (QED) is 0.718. The summed E-state index contributed by atoms with van der Waals surface area (Å²) < 4.78 is 0. The van der Waals surface area contributed by atoms with Crippen LogP contribution in [-0.4, -0.2) is 29.4 Å². The second kappa shape index (κ2) is 7.20. The van der Waals surface area contributed by atoms with E-state index in [-0.39, 0.29) is 30.2 Å². The summed E-state index contributed by atoms with van der Waals surface area (Å²) in [5.74, 6) is -0.298. The molecule has 0 spiro atoms. The summed E-state index contributed by atoms with van der Waals surface area (Å²) in [6, 6.07) is -0.0498. The summed E-state index contributed by atoms with van der Waals surface area (Å²) in [5.41, 5.74) is 6.07. The fourth-order valence-electron chi connectivity index (χ4n) is 1.24. The van der Waals surface area contributed by atoms with Crippen molar-refractivity contribution in [3.63, 3.8) is 0 Å². The fraction of sp³-hybridized carbons (Fsp3) is 0.583. The summed E-state index contributed by atoms with van der Waals surface area (Å²) in [6.07, 6.45) is 0.193. The van der Waals surface area contributed by atoms with Crippen molar-refractivity contribution in [2.24, 2.45) is 11.7 Å². The molecule has 6 nitrogen and oxygen atoms in total. The first-order valence-corrected chi connectivity index (χ1v) is 7.05. The van der Waals surface area contributed by atoms with Gasteiger partial charge in [0.25, 0.3) is 0 Å². The first kappa shape index (κ1) is 15.6. The van der Waals surface area contributed by atoms with Gasteiger partial charge in [-0.05, 0) is 6.92 Å². The summed E-state index contributed by atoms with van der Waals surface area (Å²) in [6.45, 7) is 5.86. The van der Waals surface area contributed by atoms with Crippen molar-refractivity contribution in [1.29, 1.82) is 0 Å². The van der Waals surface area contributed by atoms with E-state index in [1.807, 2.05) is 20.8 Å². The van der Waals surface area contributed by atoms with Gasteiger partial charge in [0.2, 0.25) is 11.8 Å². The van der Waals surface area contributed by atoms with Crippen LogP contribution in [0, 0.1) is 5.92 Å². The molecule has 0 radical (unpaired) electrons. The molecular formula is C12H20N4O2S. The number of thiazole rings is 1. The SMILES string of the molecule is CC(C)C(=O)Nc1nc(CC(=O)N[C@@H](C)CN)cs1. The minimum atomic E-state index is -0.120. The minimum absolute atomic E-state index is 0.0498. The van der Waals surface area contributed by atoms with Crippen molar-refractivity contribution in [2.75, 3.05) is 11.9 Å². The lowest BCUT2D eigenvalue weighted by Crippen LogP contribution is -2.38. The summed E-state index contributed by atoms with van der Waals surface area (Å²) in [4.78, 5) is 27.3. The number of amides is 2. The highest BCUT2D eigenvalue weighted by Crippen LogP contribution is 2.16. The van der Waals surface area contributed by atoms with Gasteiger partial charge in [0.15, 0.2) is 5.13 Å². The molecule has 0 aromatic carbocycles. The molecule has 1 rings (SSSR count). The molecule has 1 heterocycles. The Labute approximate surface area is 116 Å². The normalized spacial score (nSPS) is 12.3. The van der Waals surface area contributed by atoms with Crippen LogP contribution in [0.4, 0.5) is 5.13 Å². The van der Waals surface area contributed by atoms with Gasteiger partial charge in [0.05, 0.1) is 12.1 Å². The molecule has 0 saturated heterocycles. The number of rotatable bonds is 6. The molecule has 2 amide bonds. The first-order chi connectivity index (χ1) is 8.92. The number of nitrogens with two attached hydrogens (primary N) is 1. The molecule has 0 saturated carbocycles. The average molecular weight is 284 g/mol. The van der Waals surface area contributed by atoms with E-state index >= 15 is 0 Å². The standard InChI is InChI=1S/C12H20N4O2S/c1-7(2)11(18)16-12-15-9(6-19-12)4-10(17)14-8(3)5-13/h6-8H,4-5,13H2,1-3H3,(H,14,17)(H,15,16,18)/t8-/m0/s1. The number of anilines is 1. The lowest BCUT2D eigenvalue weighted by molar-refractivity contribution is -0.121. The minimum Gasteiger partial charge on any atom is -0.352 e. The molecule has 0 aliphatic rings. The van der Waals surface area contributed by atoms with Crippen molar-refractivity contribution < 1.29 is 9.59 Å². The maximum absolute atomic E-state index is 11.6. The van der Waals surface area contributed by atoms with E-state index in [1.54, 1.807) is 5.38 Å². The largest absolute Gasteiger partial charge is 0.352 e. The molecular weight excluding hydrogens is 264 g/mol. The number of nitrogens with zero attached hydrogens (tertiary/aromatic N) is 1. The van der Waals surface area contributed by atoms with Crippen molar-refractivity contribution in [2.45, 2.75) is 33.2 Å². The first-order valence-electron chi connectivity index (χ1n) is 6.17. The number of hydrogen-bond acceptors (Lipinski definition) is 5. The zero-order chi connectivity index (χ0) is 14.4. The van der Waals surface area contributed by atoms with E-state index in [1.165, 1.54) is 11.3 Å². The maximum Gasteiger partial charge on any atom is 0.228 e. The van der Waals surface area contributed by atoms with Gasteiger partial charge < -0.3 is 16.4 Å². The zero-order valence-corrected chi connectivity index (χ0v) is 12.2. The number of hydrogen-bond donors (Lipinski definition) is 3. The second-order valence-corrected chi connectivity index (χ2v) is 5.53. The third-order valence-electron chi connectivity index (χ3n) is 2.41. The molecule has 0 fully saturated rings. The topological polar surface area (TPSA) is 97.1 Å². The third-order valence-corrected chi connectivity index (χ3v) is 3.22. The smallest absolute Gasteiger partial charge is 0.228 e. The highest BCUT2D eigenvalue weighted by molar-refractivity contribution is 7.13. The van der Waals surface area contributed by atoms with Gasteiger partial charge in [-0.1, -0.05) is 13.8 Å². The molecule has 0 aliphatic carbocycles. The summed E-state index contributed by atoms with van der Waals surface area (Å²) in [7, 11) is 0. The van der Waals surface area contributed by atoms with E-state index in [2.05, 4.69) is 15.6 Å². The zero-order valence-electron chi connectivity index (χ0n) is 11.4. The van der Waals surface area contributed by atoms with Crippen LogP contribution in [0.2, 0.25) is 0 Å². The number of carbonyl (C=O) groups is 2. The van der Waals surface area contributed by atoms with E-state index in [0.29, 0.717) is 17.4 Å². The number of carbonyl (C=O) groups excluding carboxylic acids is 2. The number of nitrogens with one attached hydrogen (secondary N) is 2. The van der Waals surface area contributed by atoms with Crippen molar-refractivity contribution in [3.05, 3.63) is 11.1 Å². The van der Waals surface area contributed by atoms with Gasteiger partial charge >= 0.3 is 0 Å². The lowest BCUT2D eigenvalue weighted by atomic mass is 10.2. The van der Waals surface area contributed by atoms with Gasteiger partial charge in [0, 0.05) is 23.9 Å². The molecule has 1 aromatic rings. The van der Waals surface area contributed by atoms with Gasteiger partial charge in [0.1, 0.15) is 0 Å². The Bertz CT molecular complexity index is 445. The maximum atomic E-state index is 11.6. The summed E-state index contributed by atoms with van der Waals surface area (Å²) in [5, 5.41) is 7.75. The van der Waals surface area contributed by atoms with Crippen molar-refractivity contribution in [3.8, 4) is 0 Å². The van der Waals surface area contributed by atoms with Crippen molar-refractivity contribution in [1.82, 2.24) is 10.3 Å². The lowest BCUT2D eigenvalue weighted by Gasteiger charge is -2.10. The van der Waals surface area contributed by atoms with Crippen molar-refractivity contribution >= 4 is 28.3 Å². The predicted octanol–water partition coefficient (Wildman–Crippen LogP) is 0.743. The van der Waals surface area contributed by atoms with Crippen LogP contribution in [0.5, 0.6) is 0 Å². The second-order valence-electron chi connectivity index (χ2n) is 4.67. The van der Waals surface area contributed by atoms with Crippen LogP contribution in [-0.2, 0) is 16.0 Å². The molecule has 1 atom stereocenters. The molecule has 19 heavy (non-hydrogen) atoms. The Morgan fingerprint density at radius 3 is 2.68 bits per heavy atom. The van der Waals surface area contributed by atoms with E-state index < -0.39 is 0 Å². The van der Waals surface area contributed by atoms with Crippen LogP contribution in [0.15, 0.2) is 5.38 Å². The third kappa shape index (κ3) is 5.35.